The highest BCUT2D eigenvalue weighted by Gasteiger charge is 2.41. The van der Waals surface area contributed by atoms with E-state index in [4.69, 9.17) is 0 Å². The summed E-state index contributed by atoms with van der Waals surface area (Å²) in [6.07, 6.45) is 5.09. The zero-order valence-corrected chi connectivity index (χ0v) is 10.1. The quantitative estimate of drug-likeness (QED) is 0.435. The summed E-state index contributed by atoms with van der Waals surface area (Å²) >= 11 is 9.34. The van der Waals surface area contributed by atoms with Crippen molar-refractivity contribution in [3.8, 4) is 0 Å². The second-order valence-electron chi connectivity index (χ2n) is 5.04. The van der Waals surface area contributed by atoms with E-state index >= 15 is 0 Å². The van der Waals surface area contributed by atoms with E-state index in [1.807, 2.05) is 0 Å². The van der Waals surface area contributed by atoms with Crippen LogP contribution in [0.3, 0.4) is 0 Å². The van der Waals surface area contributed by atoms with Gasteiger partial charge >= 0.3 is 0 Å². The number of hydrogen-bond donors (Lipinski definition) is 2. The van der Waals surface area contributed by atoms with Crippen LogP contribution in [0, 0.1) is 11.3 Å². The molecule has 0 bridgehead atoms. The fourth-order valence-electron chi connectivity index (χ4n) is 2.27. The van der Waals surface area contributed by atoms with Gasteiger partial charge in [-0.3, -0.25) is 0 Å². The first-order valence-corrected chi connectivity index (χ1v) is 5.68. The van der Waals surface area contributed by atoms with Gasteiger partial charge in [0.1, 0.15) is 0 Å². The average molecular weight is 204 g/mol. The maximum Gasteiger partial charge on any atom is 0.0584 e. The molecule has 1 fully saturated rings. The van der Waals surface area contributed by atoms with Crippen LogP contribution >= 0.6 is 25.3 Å². The van der Waals surface area contributed by atoms with Crippen LogP contribution in [-0.2, 0) is 0 Å². The maximum atomic E-state index is 4.67. The van der Waals surface area contributed by atoms with Crippen molar-refractivity contribution in [1.82, 2.24) is 0 Å². The SMILES string of the molecule is CC(C)(C)C1CCCCC1(S)S. The van der Waals surface area contributed by atoms with Crippen LogP contribution in [-0.4, -0.2) is 4.08 Å². The summed E-state index contributed by atoms with van der Waals surface area (Å²) in [5.41, 5.74) is 0.351. The standard InChI is InChI=1S/C10H20S2/c1-9(2,3)8-6-4-5-7-10(8,11)12/h8,11-12H,4-7H2,1-3H3. The van der Waals surface area contributed by atoms with Crippen LogP contribution in [0.4, 0.5) is 0 Å². The van der Waals surface area contributed by atoms with Crippen LogP contribution in [0.15, 0.2) is 0 Å². The van der Waals surface area contributed by atoms with Gasteiger partial charge in [0.15, 0.2) is 0 Å². The lowest BCUT2D eigenvalue weighted by Gasteiger charge is -2.44. The number of hydrogen-bond acceptors (Lipinski definition) is 2. The molecule has 1 aliphatic carbocycles. The molecular weight excluding hydrogens is 184 g/mol. The molecule has 0 aromatic heterocycles. The van der Waals surface area contributed by atoms with Crippen molar-refractivity contribution in [2.75, 3.05) is 0 Å². The average Bonchev–Trinajstić information content (AvgIpc) is 1.83. The van der Waals surface area contributed by atoms with Gasteiger partial charge in [0.25, 0.3) is 0 Å². The van der Waals surface area contributed by atoms with Gasteiger partial charge in [-0.2, -0.15) is 25.3 Å². The lowest BCUT2D eigenvalue weighted by Crippen LogP contribution is -2.38. The lowest BCUT2D eigenvalue weighted by molar-refractivity contribution is 0.176. The second kappa shape index (κ2) is 3.45. The van der Waals surface area contributed by atoms with Crippen LogP contribution in [0.25, 0.3) is 0 Å². The molecule has 0 heterocycles. The van der Waals surface area contributed by atoms with Gasteiger partial charge in [0.05, 0.1) is 4.08 Å². The Kier molecular flexibility index (Phi) is 3.10. The summed E-state index contributed by atoms with van der Waals surface area (Å²) in [6.45, 7) is 6.89. The largest absolute Gasteiger partial charge is 0.162 e. The molecule has 0 saturated heterocycles. The molecule has 1 unspecified atom stereocenters. The van der Waals surface area contributed by atoms with Crippen LogP contribution < -0.4 is 0 Å². The summed E-state index contributed by atoms with van der Waals surface area (Å²) in [4.78, 5) is 0. The first-order chi connectivity index (χ1) is 5.34. The molecule has 1 aliphatic rings. The predicted molar refractivity (Wildman–Crippen MR) is 62.1 cm³/mol. The third kappa shape index (κ3) is 2.35. The third-order valence-electron chi connectivity index (χ3n) is 2.89. The highest BCUT2D eigenvalue weighted by Crippen LogP contribution is 2.49. The highest BCUT2D eigenvalue weighted by atomic mass is 32.2. The number of rotatable bonds is 0. The summed E-state index contributed by atoms with van der Waals surface area (Å²) in [5, 5.41) is 0. The number of thiol groups is 2. The Balaban J connectivity index is 2.73. The molecular formula is C10H20S2. The molecule has 1 rings (SSSR count). The predicted octanol–water partition coefficient (Wildman–Crippen LogP) is 3.78. The van der Waals surface area contributed by atoms with Gasteiger partial charge in [-0.15, -0.1) is 0 Å². The normalized spacial score (nSPS) is 30.2. The van der Waals surface area contributed by atoms with E-state index in [0.717, 1.165) is 6.42 Å². The van der Waals surface area contributed by atoms with Crippen LogP contribution in [0.5, 0.6) is 0 Å². The van der Waals surface area contributed by atoms with Crippen molar-refractivity contribution in [3.05, 3.63) is 0 Å². The molecule has 0 radical (unpaired) electrons. The molecule has 0 spiro atoms. The van der Waals surface area contributed by atoms with E-state index in [2.05, 4.69) is 46.0 Å². The molecule has 1 saturated carbocycles. The van der Waals surface area contributed by atoms with Crippen molar-refractivity contribution in [3.63, 3.8) is 0 Å². The highest BCUT2D eigenvalue weighted by molar-refractivity contribution is 8.00. The van der Waals surface area contributed by atoms with E-state index in [1.54, 1.807) is 0 Å². The molecule has 1 atom stereocenters. The van der Waals surface area contributed by atoms with Crippen LogP contribution in [0.2, 0.25) is 0 Å². The molecule has 2 heteroatoms. The van der Waals surface area contributed by atoms with E-state index in [9.17, 15) is 0 Å². The third-order valence-corrected chi connectivity index (χ3v) is 3.96. The molecule has 0 N–H and O–H groups in total. The maximum absolute atomic E-state index is 4.67. The molecule has 0 aromatic carbocycles. The summed E-state index contributed by atoms with van der Waals surface area (Å²) in [6, 6.07) is 0. The van der Waals surface area contributed by atoms with E-state index in [-0.39, 0.29) is 4.08 Å². The fraction of sp³-hybridized carbons (Fsp3) is 1.00. The second-order valence-corrected chi connectivity index (χ2v) is 6.99. The zero-order chi connectivity index (χ0) is 9.41. The van der Waals surface area contributed by atoms with Gasteiger partial charge in [-0.25, -0.2) is 0 Å². The Morgan fingerprint density at radius 3 is 2.08 bits per heavy atom. The Hall–Kier alpha value is 0.700. The first-order valence-electron chi connectivity index (χ1n) is 4.79. The van der Waals surface area contributed by atoms with Gasteiger partial charge in [-0.05, 0) is 24.2 Å². The van der Waals surface area contributed by atoms with Crippen LogP contribution in [0.1, 0.15) is 46.5 Å². The van der Waals surface area contributed by atoms with Crippen molar-refractivity contribution in [2.45, 2.75) is 50.5 Å². The van der Waals surface area contributed by atoms with Crippen molar-refractivity contribution >= 4 is 25.3 Å². The summed E-state index contributed by atoms with van der Waals surface area (Å²) in [5.74, 6) is 0.644. The van der Waals surface area contributed by atoms with Gasteiger partial charge < -0.3 is 0 Å². The lowest BCUT2D eigenvalue weighted by atomic mass is 9.71. The molecule has 72 valence electrons. The monoisotopic (exact) mass is 204 g/mol. The molecule has 0 nitrogen and oxygen atoms in total. The van der Waals surface area contributed by atoms with Gasteiger partial charge in [0.2, 0.25) is 0 Å². The Labute approximate surface area is 87.3 Å². The fourth-order valence-corrected chi connectivity index (χ4v) is 3.61. The Morgan fingerprint density at radius 2 is 1.75 bits per heavy atom. The van der Waals surface area contributed by atoms with E-state index in [0.29, 0.717) is 11.3 Å². The van der Waals surface area contributed by atoms with Crippen molar-refractivity contribution < 1.29 is 0 Å². The summed E-state index contributed by atoms with van der Waals surface area (Å²) in [7, 11) is 0. The molecule has 0 amide bonds. The minimum Gasteiger partial charge on any atom is -0.162 e. The van der Waals surface area contributed by atoms with Gasteiger partial charge in [-0.1, -0.05) is 33.6 Å². The Bertz CT molecular complexity index is 156. The van der Waals surface area contributed by atoms with E-state index < -0.39 is 0 Å². The summed E-state index contributed by atoms with van der Waals surface area (Å²) < 4.78 is -0.0312. The minimum absolute atomic E-state index is 0.0312. The van der Waals surface area contributed by atoms with E-state index in [1.165, 1.54) is 19.3 Å². The molecule has 0 aliphatic heterocycles. The zero-order valence-electron chi connectivity index (χ0n) is 8.30. The molecule has 12 heavy (non-hydrogen) atoms. The topological polar surface area (TPSA) is 0 Å². The molecule has 0 aromatic rings. The van der Waals surface area contributed by atoms with Crippen molar-refractivity contribution in [2.24, 2.45) is 11.3 Å². The van der Waals surface area contributed by atoms with Gasteiger partial charge in [0, 0.05) is 0 Å². The first kappa shape index (κ1) is 10.8. The Morgan fingerprint density at radius 1 is 1.17 bits per heavy atom. The van der Waals surface area contributed by atoms with Crippen molar-refractivity contribution in [1.29, 1.82) is 0 Å². The minimum atomic E-state index is -0.0312. The smallest absolute Gasteiger partial charge is 0.0584 e.